The molecule has 0 aromatic heterocycles. The van der Waals surface area contributed by atoms with Crippen LogP contribution < -0.4 is 5.32 Å². The first kappa shape index (κ1) is 16.6. The van der Waals surface area contributed by atoms with Crippen molar-refractivity contribution < 1.29 is 19.1 Å². The number of ether oxygens (including phenoxy) is 2. The second kappa shape index (κ2) is 7.49. The smallest absolute Gasteiger partial charge is 0.410 e. The van der Waals surface area contributed by atoms with E-state index in [4.69, 9.17) is 4.74 Å². The van der Waals surface area contributed by atoms with Crippen LogP contribution in [0, 0.1) is 0 Å². The summed E-state index contributed by atoms with van der Waals surface area (Å²) in [4.78, 5) is 24.9. The number of methoxy groups -OCH3 is 1. The Morgan fingerprint density at radius 2 is 2.14 bits per heavy atom. The number of halogens is 1. The molecule has 0 radical (unpaired) electrons. The van der Waals surface area contributed by atoms with Crippen molar-refractivity contribution in [2.45, 2.75) is 19.9 Å². The van der Waals surface area contributed by atoms with Crippen LogP contribution in [0.3, 0.4) is 0 Å². The molecule has 0 spiro atoms. The second-order valence-electron chi connectivity index (χ2n) is 4.85. The maximum Gasteiger partial charge on any atom is 0.410 e. The molecule has 6 nitrogen and oxygen atoms in total. The summed E-state index contributed by atoms with van der Waals surface area (Å²) < 4.78 is 10.7. The summed E-state index contributed by atoms with van der Waals surface area (Å²) in [7, 11) is 1.35. The number of hydrogen-bond acceptors (Lipinski definition) is 5. The third-order valence-corrected chi connectivity index (χ3v) is 4.27. The number of esters is 1. The van der Waals surface area contributed by atoms with Crippen molar-refractivity contribution in [2.24, 2.45) is 0 Å². The van der Waals surface area contributed by atoms with Crippen LogP contribution in [-0.4, -0.2) is 43.8 Å². The molecule has 1 aliphatic heterocycles. The predicted octanol–water partition coefficient (Wildman–Crippen LogP) is 2.55. The summed E-state index contributed by atoms with van der Waals surface area (Å²) in [5.74, 6) is -0.338. The predicted molar refractivity (Wildman–Crippen MR) is 85.8 cm³/mol. The van der Waals surface area contributed by atoms with E-state index in [1.165, 1.54) is 7.11 Å². The van der Waals surface area contributed by atoms with Gasteiger partial charge in [-0.3, -0.25) is 4.79 Å². The highest BCUT2D eigenvalue weighted by Gasteiger charge is 2.25. The fourth-order valence-electron chi connectivity index (χ4n) is 2.41. The molecule has 1 aromatic carbocycles. The van der Waals surface area contributed by atoms with Crippen LogP contribution in [0.5, 0.6) is 0 Å². The molecule has 120 valence electrons. The topological polar surface area (TPSA) is 67.9 Å². The average Bonchev–Trinajstić information content (AvgIpc) is 2.53. The number of anilines is 1. The number of nitrogens with zero attached hydrogens (tertiary/aromatic N) is 1. The van der Waals surface area contributed by atoms with Gasteiger partial charge in [0.1, 0.15) is 6.54 Å². The van der Waals surface area contributed by atoms with Gasteiger partial charge < -0.3 is 19.7 Å². The first-order valence-electron chi connectivity index (χ1n) is 7.09. The van der Waals surface area contributed by atoms with Gasteiger partial charge in [0, 0.05) is 16.7 Å². The molecule has 7 heteroatoms. The molecule has 1 N–H and O–H groups in total. The number of fused-ring (bicyclic) bond motifs is 1. The number of rotatable bonds is 4. The van der Waals surface area contributed by atoms with Gasteiger partial charge in [-0.1, -0.05) is 15.9 Å². The maximum atomic E-state index is 11.9. The first-order chi connectivity index (χ1) is 10.6. The van der Waals surface area contributed by atoms with Gasteiger partial charge in [-0.15, -0.1) is 0 Å². The van der Waals surface area contributed by atoms with Gasteiger partial charge in [-0.2, -0.15) is 0 Å². The number of hydrogen-bond donors (Lipinski definition) is 1. The van der Waals surface area contributed by atoms with Crippen molar-refractivity contribution >= 4 is 33.7 Å². The summed E-state index contributed by atoms with van der Waals surface area (Å²) in [6, 6.07) is 3.83. The van der Waals surface area contributed by atoms with E-state index < -0.39 is 0 Å². The van der Waals surface area contributed by atoms with E-state index in [0.717, 1.165) is 27.7 Å². The zero-order valence-corrected chi connectivity index (χ0v) is 14.2. The number of amides is 1. The van der Waals surface area contributed by atoms with Gasteiger partial charge in [-0.25, -0.2) is 4.79 Å². The Morgan fingerprint density at radius 3 is 2.82 bits per heavy atom. The molecular weight excluding hydrogens is 352 g/mol. The molecule has 1 aliphatic rings. The molecular formula is C15H19BrN2O4. The van der Waals surface area contributed by atoms with Crippen LogP contribution >= 0.6 is 15.9 Å². The van der Waals surface area contributed by atoms with Crippen molar-refractivity contribution in [3.8, 4) is 0 Å². The van der Waals surface area contributed by atoms with Gasteiger partial charge in [0.2, 0.25) is 0 Å². The van der Waals surface area contributed by atoms with Crippen molar-refractivity contribution in [1.82, 2.24) is 4.90 Å². The van der Waals surface area contributed by atoms with Crippen LogP contribution in [0.1, 0.15) is 18.1 Å². The van der Waals surface area contributed by atoms with Crippen molar-refractivity contribution in [3.05, 3.63) is 27.7 Å². The van der Waals surface area contributed by atoms with E-state index in [0.29, 0.717) is 19.7 Å². The van der Waals surface area contributed by atoms with E-state index in [2.05, 4.69) is 26.0 Å². The van der Waals surface area contributed by atoms with Gasteiger partial charge in [0.15, 0.2) is 0 Å². The van der Waals surface area contributed by atoms with Gasteiger partial charge >= 0.3 is 12.1 Å². The zero-order chi connectivity index (χ0) is 16.1. The van der Waals surface area contributed by atoms with E-state index in [1.54, 1.807) is 11.8 Å². The monoisotopic (exact) mass is 370 g/mol. The number of benzene rings is 1. The lowest BCUT2D eigenvalue weighted by atomic mass is 9.98. The minimum atomic E-state index is -0.338. The van der Waals surface area contributed by atoms with Gasteiger partial charge in [-0.05, 0) is 36.6 Å². The minimum Gasteiger partial charge on any atom is -0.468 e. The lowest BCUT2D eigenvalue weighted by Crippen LogP contribution is -2.37. The van der Waals surface area contributed by atoms with Crippen LogP contribution in [0.4, 0.5) is 10.5 Å². The molecule has 1 heterocycles. The number of nitrogens with one attached hydrogen (secondary N) is 1. The molecule has 0 bridgehead atoms. The summed E-state index contributed by atoms with van der Waals surface area (Å²) in [5, 5.41) is 3.07. The quantitative estimate of drug-likeness (QED) is 0.824. The van der Waals surface area contributed by atoms with Crippen molar-refractivity contribution in [2.75, 3.05) is 32.1 Å². The van der Waals surface area contributed by atoms with E-state index in [9.17, 15) is 9.59 Å². The number of carbonyl (C=O) groups excluding carboxylic acids is 2. The fourth-order valence-corrected chi connectivity index (χ4v) is 2.98. The van der Waals surface area contributed by atoms with Crippen molar-refractivity contribution in [3.63, 3.8) is 0 Å². The highest BCUT2D eigenvalue weighted by molar-refractivity contribution is 9.10. The van der Waals surface area contributed by atoms with Crippen LogP contribution in [0.2, 0.25) is 0 Å². The minimum absolute atomic E-state index is 0.0873. The molecule has 0 aliphatic carbocycles. The molecule has 2 rings (SSSR count). The Bertz CT molecular complexity index is 577. The fraction of sp³-hybridized carbons (Fsp3) is 0.467. The maximum absolute atomic E-state index is 11.9. The molecule has 1 aromatic rings. The molecule has 0 unspecified atom stereocenters. The van der Waals surface area contributed by atoms with Gasteiger partial charge in [0.25, 0.3) is 0 Å². The normalized spacial score (nSPS) is 13.3. The lowest BCUT2D eigenvalue weighted by molar-refractivity contribution is -0.138. The Kier molecular flexibility index (Phi) is 5.65. The Hall–Kier alpha value is -1.76. The average molecular weight is 371 g/mol. The Balaban J connectivity index is 2.21. The van der Waals surface area contributed by atoms with Crippen molar-refractivity contribution in [1.29, 1.82) is 0 Å². The molecule has 0 saturated carbocycles. The summed E-state index contributed by atoms with van der Waals surface area (Å²) in [6.07, 6.45) is 0.426. The van der Waals surface area contributed by atoms with Crippen LogP contribution in [0.25, 0.3) is 0 Å². The molecule has 22 heavy (non-hydrogen) atoms. The molecule has 1 amide bonds. The number of carbonyl (C=O) groups is 2. The standard InChI is InChI=1S/C15H19BrN2O4/c1-3-22-15(20)18-7-6-10-11(9-18)13(5-4-12(10)16)17-8-14(19)21-2/h4-5,17H,3,6-9H2,1-2H3. The largest absolute Gasteiger partial charge is 0.468 e. The molecule has 0 saturated heterocycles. The van der Waals surface area contributed by atoms with Crippen LogP contribution in [0.15, 0.2) is 16.6 Å². The SMILES string of the molecule is CCOC(=O)N1CCc2c(Br)ccc(NCC(=O)OC)c2C1. The summed E-state index contributed by atoms with van der Waals surface area (Å²) in [6.45, 7) is 3.30. The first-order valence-corrected chi connectivity index (χ1v) is 7.88. The Labute approximate surface area is 137 Å². The third-order valence-electron chi connectivity index (χ3n) is 3.53. The van der Waals surface area contributed by atoms with Crippen LogP contribution in [-0.2, 0) is 27.2 Å². The zero-order valence-electron chi connectivity index (χ0n) is 12.6. The highest BCUT2D eigenvalue weighted by atomic mass is 79.9. The summed E-state index contributed by atoms with van der Waals surface area (Å²) in [5.41, 5.74) is 2.98. The van der Waals surface area contributed by atoms with Gasteiger partial charge in [0.05, 0.1) is 20.3 Å². The Morgan fingerprint density at radius 1 is 1.36 bits per heavy atom. The molecule has 0 fully saturated rings. The lowest BCUT2D eigenvalue weighted by Gasteiger charge is -2.30. The van der Waals surface area contributed by atoms with E-state index in [1.807, 2.05) is 12.1 Å². The molecule has 0 atom stereocenters. The second-order valence-corrected chi connectivity index (χ2v) is 5.71. The summed E-state index contributed by atoms with van der Waals surface area (Å²) >= 11 is 3.54. The third kappa shape index (κ3) is 3.71. The highest BCUT2D eigenvalue weighted by Crippen LogP contribution is 2.32. The van der Waals surface area contributed by atoms with E-state index in [-0.39, 0.29) is 18.6 Å². The van der Waals surface area contributed by atoms with E-state index >= 15 is 0 Å².